The van der Waals surface area contributed by atoms with Crippen LogP contribution in [0.2, 0.25) is 0 Å². The number of benzene rings is 3. The van der Waals surface area contributed by atoms with Gasteiger partial charge in [-0.15, -0.1) is 0 Å². The van der Waals surface area contributed by atoms with Crippen molar-refractivity contribution in [3.05, 3.63) is 78.4 Å². The number of methoxy groups -OCH3 is 2. The van der Waals surface area contributed by atoms with Gasteiger partial charge in [-0.3, -0.25) is 0 Å². The molecule has 0 aliphatic heterocycles. The van der Waals surface area contributed by atoms with Crippen LogP contribution in [-0.4, -0.2) is 53.5 Å². The quantitative estimate of drug-likeness (QED) is 0.392. The first kappa shape index (κ1) is 24.6. The summed E-state index contributed by atoms with van der Waals surface area (Å²) in [5.74, 6) is 1.55. The molecule has 0 aliphatic rings. The molecular formula is C25H29NO6S. The van der Waals surface area contributed by atoms with Gasteiger partial charge in [-0.05, 0) is 54.9 Å². The fourth-order valence-corrected chi connectivity index (χ4v) is 4.50. The number of hydrogen-bond donors (Lipinski definition) is 2. The second-order valence-corrected chi connectivity index (χ2v) is 9.35. The summed E-state index contributed by atoms with van der Waals surface area (Å²) in [5.41, 5.74) is 0.990. The second kappa shape index (κ2) is 11.7. The highest BCUT2D eigenvalue weighted by Gasteiger charge is 2.19. The maximum absolute atomic E-state index is 13.0. The number of rotatable bonds is 12. The van der Waals surface area contributed by atoms with Gasteiger partial charge in [0.2, 0.25) is 9.84 Å². The first-order valence-electron chi connectivity index (χ1n) is 10.6. The van der Waals surface area contributed by atoms with Gasteiger partial charge in [0.15, 0.2) is 11.5 Å². The molecule has 0 aliphatic carbocycles. The molecular weight excluding hydrogens is 442 g/mol. The van der Waals surface area contributed by atoms with E-state index in [0.717, 1.165) is 11.3 Å². The monoisotopic (exact) mass is 471 g/mol. The third-order valence-corrected chi connectivity index (χ3v) is 6.82. The van der Waals surface area contributed by atoms with Crippen LogP contribution in [-0.2, 0) is 16.3 Å². The van der Waals surface area contributed by atoms with Gasteiger partial charge >= 0.3 is 0 Å². The van der Waals surface area contributed by atoms with Crippen LogP contribution in [0.1, 0.15) is 5.56 Å². The molecule has 0 heterocycles. The number of sulfone groups is 1. The highest BCUT2D eigenvalue weighted by molar-refractivity contribution is 7.91. The molecule has 0 spiro atoms. The van der Waals surface area contributed by atoms with E-state index in [4.69, 9.17) is 14.2 Å². The van der Waals surface area contributed by atoms with Crippen molar-refractivity contribution in [2.75, 3.05) is 33.9 Å². The Bertz CT molecular complexity index is 1120. The lowest BCUT2D eigenvalue weighted by atomic mass is 10.1. The van der Waals surface area contributed by atoms with Crippen LogP contribution in [0.3, 0.4) is 0 Å². The second-order valence-electron chi connectivity index (χ2n) is 7.40. The molecule has 0 bridgehead atoms. The maximum Gasteiger partial charge on any atom is 0.206 e. The number of ether oxygens (including phenoxy) is 3. The average molecular weight is 472 g/mol. The van der Waals surface area contributed by atoms with E-state index in [1.165, 1.54) is 26.4 Å². The topological polar surface area (TPSA) is 94.1 Å². The highest BCUT2D eigenvalue weighted by Crippen LogP contribution is 2.31. The molecule has 0 radical (unpaired) electrons. The first-order chi connectivity index (χ1) is 15.9. The molecule has 7 nitrogen and oxygen atoms in total. The Balaban J connectivity index is 1.49. The summed E-state index contributed by atoms with van der Waals surface area (Å²) in [7, 11) is -0.714. The number of aliphatic hydroxyl groups is 1. The molecule has 0 saturated heterocycles. The molecule has 1 unspecified atom stereocenters. The van der Waals surface area contributed by atoms with Crippen LogP contribution < -0.4 is 19.5 Å². The van der Waals surface area contributed by atoms with Crippen molar-refractivity contribution in [3.63, 3.8) is 0 Å². The summed E-state index contributed by atoms with van der Waals surface area (Å²) in [5, 5.41) is 13.2. The van der Waals surface area contributed by atoms with Gasteiger partial charge < -0.3 is 24.6 Å². The van der Waals surface area contributed by atoms with E-state index in [1.54, 1.807) is 30.3 Å². The Morgan fingerprint density at radius 2 is 1.55 bits per heavy atom. The Kier molecular flexibility index (Phi) is 8.71. The lowest BCUT2D eigenvalue weighted by Gasteiger charge is -2.13. The summed E-state index contributed by atoms with van der Waals surface area (Å²) in [6.45, 7) is 1.25. The molecule has 33 heavy (non-hydrogen) atoms. The molecule has 0 aromatic heterocycles. The molecule has 1 atom stereocenters. The fraction of sp³-hybridized carbons (Fsp3) is 0.280. The third-order valence-electron chi connectivity index (χ3n) is 5.05. The molecule has 8 heteroatoms. The Morgan fingerprint density at radius 3 is 2.21 bits per heavy atom. The van der Waals surface area contributed by atoms with E-state index < -0.39 is 15.9 Å². The summed E-state index contributed by atoms with van der Waals surface area (Å²) >= 11 is 0. The van der Waals surface area contributed by atoms with Gasteiger partial charge in [-0.2, -0.15) is 0 Å². The summed E-state index contributed by atoms with van der Waals surface area (Å²) in [6.07, 6.45) is 0.0716. The van der Waals surface area contributed by atoms with Crippen molar-refractivity contribution >= 4 is 9.84 Å². The van der Waals surface area contributed by atoms with Gasteiger partial charge in [-0.25, -0.2) is 8.42 Å². The summed E-state index contributed by atoms with van der Waals surface area (Å²) in [4.78, 5) is 0.348. The minimum atomic E-state index is -3.68. The van der Waals surface area contributed by atoms with Gasteiger partial charge in [0.05, 0.1) is 24.0 Å². The number of hydrogen-bond acceptors (Lipinski definition) is 7. The number of para-hydroxylation sites is 1. The maximum atomic E-state index is 13.0. The molecule has 3 rings (SSSR count). The molecule has 0 fully saturated rings. The Labute approximate surface area is 194 Å². The van der Waals surface area contributed by atoms with E-state index in [-0.39, 0.29) is 16.4 Å². The van der Waals surface area contributed by atoms with Gasteiger partial charge in [0, 0.05) is 12.6 Å². The van der Waals surface area contributed by atoms with Gasteiger partial charge in [0.1, 0.15) is 18.5 Å². The largest absolute Gasteiger partial charge is 0.493 e. The van der Waals surface area contributed by atoms with Crippen molar-refractivity contribution in [2.24, 2.45) is 0 Å². The van der Waals surface area contributed by atoms with Crippen LogP contribution in [0.15, 0.2) is 82.6 Å². The van der Waals surface area contributed by atoms with Crippen molar-refractivity contribution in [3.8, 4) is 17.2 Å². The predicted octanol–water partition coefficient (Wildman–Crippen LogP) is 3.11. The molecule has 0 amide bonds. The standard InChI is InChI=1S/C25H29NO6S/c1-30-24-13-12-23(16-25(24)31-2)33(28,29)22-10-8-19(9-11-22)14-15-26-17-20(27)18-32-21-6-4-3-5-7-21/h3-13,16,20,26-27H,14-15,17-18H2,1-2H3. The van der Waals surface area contributed by atoms with Crippen molar-refractivity contribution in [1.29, 1.82) is 0 Å². The first-order valence-corrected chi connectivity index (χ1v) is 12.0. The lowest BCUT2D eigenvalue weighted by molar-refractivity contribution is 0.106. The fourth-order valence-electron chi connectivity index (χ4n) is 3.22. The highest BCUT2D eigenvalue weighted by atomic mass is 32.2. The Morgan fingerprint density at radius 1 is 0.879 bits per heavy atom. The summed E-state index contributed by atoms with van der Waals surface area (Å²) in [6, 6.07) is 20.7. The van der Waals surface area contributed by atoms with E-state index in [2.05, 4.69) is 5.32 Å². The summed E-state index contributed by atoms with van der Waals surface area (Å²) < 4.78 is 41.8. The third kappa shape index (κ3) is 6.71. The molecule has 2 N–H and O–H groups in total. The minimum absolute atomic E-state index is 0.140. The van der Waals surface area contributed by atoms with E-state index in [9.17, 15) is 13.5 Å². The van der Waals surface area contributed by atoms with Crippen LogP contribution in [0, 0.1) is 0 Å². The molecule has 176 valence electrons. The zero-order valence-electron chi connectivity index (χ0n) is 18.7. The number of nitrogens with one attached hydrogen (secondary N) is 1. The minimum Gasteiger partial charge on any atom is -0.493 e. The van der Waals surface area contributed by atoms with Crippen LogP contribution in [0.5, 0.6) is 17.2 Å². The van der Waals surface area contributed by atoms with Gasteiger partial charge in [0.25, 0.3) is 0 Å². The van der Waals surface area contributed by atoms with Crippen LogP contribution in [0.4, 0.5) is 0 Å². The van der Waals surface area contributed by atoms with E-state index in [0.29, 0.717) is 31.0 Å². The Hall–Kier alpha value is -3.07. The van der Waals surface area contributed by atoms with Crippen molar-refractivity contribution in [1.82, 2.24) is 5.32 Å². The SMILES string of the molecule is COc1ccc(S(=O)(=O)c2ccc(CCNCC(O)COc3ccccc3)cc2)cc1OC. The molecule has 0 saturated carbocycles. The normalized spacial score (nSPS) is 12.2. The van der Waals surface area contributed by atoms with Crippen LogP contribution >= 0.6 is 0 Å². The number of aliphatic hydroxyl groups excluding tert-OH is 1. The average Bonchev–Trinajstić information content (AvgIpc) is 2.85. The molecule has 3 aromatic rings. The smallest absolute Gasteiger partial charge is 0.206 e. The molecule has 3 aromatic carbocycles. The zero-order chi connectivity index (χ0) is 23.7. The van der Waals surface area contributed by atoms with E-state index >= 15 is 0 Å². The lowest BCUT2D eigenvalue weighted by Crippen LogP contribution is -2.32. The predicted molar refractivity (Wildman–Crippen MR) is 126 cm³/mol. The van der Waals surface area contributed by atoms with E-state index in [1.807, 2.05) is 30.3 Å². The van der Waals surface area contributed by atoms with Gasteiger partial charge in [-0.1, -0.05) is 30.3 Å². The van der Waals surface area contributed by atoms with Crippen LogP contribution in [0.25, 0.3) is 0 Å². The van der Waals surface area contributed by atoms with Crippen molar-refractivity contribution < 1.29 is 27.7 Å². The zero-order valence-corrected chi connectivity index (χ0v) is 19.5. The van der Waals surface area contributed by atoms with Crippen molar-refractivity contribution in [2.45, 2.75) is 22.3 Å².